The van der Waals surface area contributed by atoms with E-state index in [1.165, 1.54) is 30.4 Å². The van der Waals surface area contributed by atoms with Crippen LogP contribution in [0.3, 0.4) is 0 Å². The molecule has 2 aromatic carbocycles. The molecule has 24 heavy (non-hydrogen) atoms. The van der Waals surface area contributed by atoms with E-state index >= 15 is 0 Å². The number of nitrogens with one attached hydrogen (secondary N) is 1. The first-order valence-electron chi connectivity index (χ1n) is 8.06. The van der Waals surface area contributed by atoms with Gasteiger partial charge in [-0.2, -0.15) is 0 Å². The highest BCUT2D eigenvalue weighted by molar-refractivity contribution is 5.97. The van der Waals surface area contributed by atoms with Crippen LogP contribution in [0.5, 0.6) is 11.5 Å². The lowest BCUT2D eigenvalue weighted by Gasteiger charge is -2.19. The van der Waals surface area contributed by atoms with Gasteiger partial charge in [0, 0.05) is 12.6 Å². The zero-order chi connectivity index (χ0) is 17.7. The van der Waals surface area contributed by atoms with Crippen LogP contribution in [-0.4, -0.2) is 24.7 Å². The lowest BCUT2D eigenvalue weighted by molar-refractivity contribution is 0.0951. The molecule has 2 rings (SSSR count). The van der Waals surface area contributed by atoms with E-state index in [-0.39, 0.29) is 17.1 Å². The van der Waals surface area contributed by atoms with E-state index in [2.05, 4.69) is 50.4 Å². The van der Waals surface area contributed by atoms with E-state index in [1.54, 1.807) is 6.07 Å². The van der Waals surface area contributed by atoms with Crippen LogP contribution in [0.2, 0.25) is 0 Å². The van der Waals surface area contributed by atoms with Crippen molar-refractivity contribution in [1.82, 2.24) is 5.32 Å². The molecule has 2 N–H and O–H groups in total. The average Bonchev–Trinajstić information content (AvgIpc) is 2.54. The van der Waals surface area contributed by atoms with Crippen molar-refractivity contribution in [3.8, 4) is 11.5 Å². The van der Waals surface area contributed by atoms with Crippen LogP contribution in [0.25, 0.3) is 0 Å². The summed E-state index contributed by atoms with van der Waals surface area (Å²) >= 11 is 0. The van der Waals surface area contributed by atoms with Gasteiger partial charge in [-0.05, 0) is 35.1 Å². The second kappa shape index (κ2) is 7.39. The maximum atomic E-state index is 12.2. The van der Waals surface area contributed by atoms with Gasteiger partial charge in [-0.25, -0.2) is 0 Å². The van der Waals surface area contributed by atoms with Crippen molar-refractivity contribution in [3.05, 3.63) is 59.2 Å². The Bertz CT molecular complexity index is 700. The number of phenolic OH excluding ortho intramolecular Hbond substituents is 1. The second-order valence-corrected chi connectivity index (χ2v) is 6.84. The maximum Gasteiger partial charge on any atom is 0.255 e. The zero-order valence-electron chi connectivity index (χ0n) is 14.7. The van der Waals surface area contributed by atoms with Gasteiger partial charge >= 0.3 is 0 Å². The van der Waals surface area contributed by atoms with Crippen LogP contribution in [0, 0.1) is 0 Å². The van der Waals surface area contributed by atoms with Crippen molar-refractivity contribution in [3.63, 3.8) is 0 Å². The summed E-state index contributed by atoms with van der Waals surface area (Å²) in [6.07, 6.45) is 0.760. The van der Waals surface area contributed by atoms with Gasteiger partial charge < -0.3 is 15.2 Å². The Balaban J connectivity index is 1.93. The number of ether oxygens (including phenoxy) is 1. The summed E-state index contributed by atoms with van der Waals surface area (Å²) in [4.78, 5) is 12.2. The minimum atomic E-state index is -0.210. The van der Waals surface area contributed by atoms with Crippen molar-refractivity contribution in [2.45, 2.75) is 32.6 Å². The number of rotatable bonds is 5. The van der Waals surface area contributed by atoms with Gasteiger partial charge in [0.1, 0.15) is 11.5 Å². The fraction of sp³-hybridized carbons (Fsp3) is 0.350. The zero-order valence-corrected chi connectivity index (χ0v) is 14.7. The molecule has 0 aromatic heterocycles. The fourth-order valence-corrected chi connectivity index (χ4v) is 2.45. The molecule has 0 radical (unpaired) electrons. The molecule has 0 aliphatic heterocycles. The summed E-state index contributed by atoms with van der Waals surface area (Å²) in [5, 5.41) is 12.3. The Morgan fingerprint density at radius 3 is 2.38 bits per heavy atom. The highest BCUT2D eigenvalue weighted by Gasteiger charge is 2.14. The minimum absolute atomic E-state index is 0.0716. The van der Waals surface area contributed by atoms with Gasteiger partial charge in [-0.3, -0.25) is 4.79 Å². The van der Waals surface area contributed by atoms with Crippen LogP contribution >= 0.6 is 0 Å². The molecule has 0 aliphatic rings. The number of carbonyl (C=O) groups is 1. The molecule has 4 nitrogen and oxygen atoms in total. The lowest BCUT2D eigenvalue weighted by atomic mass is 9.86. The van der Waals surface area contributed by atoms with Gasteiger partial charge in [0.2, 0.25) is 0 Å². The molecule has 0 aliphatic carbocycles. The molecular formula is C20H25NO3. The third-order valence-electron chi connectivity index (χ3n) is 3.95. The first-order valence-corrected chi connectivity index (χ1v) is 8.06. The van der Waals surface area contributed by atoms with Gasteiger partial charge in [-0.1, -0.05) is 45.0 Å². The third kappa shape index (κ3) is 4.51. The average molecular weight is 327 g/mol. The predicted molar refractivity (Wildman–Crippen MR) is 95.8 cm³/mol. The van der Waals surface area contributed by atoms with Crippen molar-refractivity contribution >= 4 is 5.91 Å². The quantitative estimate of drug-likeness (QED) is 0.881. The summed E-state index contributed by atoms with van der Waals surface area (Å²) in [7, 11) is 1.47. The molecule has 128 valence electrons. The van der Waals surface area contributed by atoms with Crippen LogP contribution in [0.15, 0.2) is 42.5 Å². The largest absolute Gasteiger partial charge is 0.508 e. The normalized spacial score (nSPS) is 11.2. The lowest BCUT2D eigenvalue weighted by Crippen LogP contribution is -2.26. The smallest absolute Gasteiger partial charge is 0.255 e. The first kappa shape index (κ1) is 17.9. The molecule has 0 spiro atoms. The fourth-order valence-electron chi connectivity index (χ4n) is 2.45. The highest BCUT2D eigenvalue weighted by Crippen LogP contribution is 2.24. The SMILES string of the molecule is COc1cc(O)ccc1C(=O)NCCc1ccc(C(C)(C)C)cc1. The number of aromatic hydroxyl groups is 1. The summed E-state index contributed by atoms with van der Waals surface area (Å²) < 4.78 is 5.14. The standard InChI is InChI=1S/C20H25NO3/c1-20(2,3)15-7-5-14(6-8-15)11-12-21-19(23)17-10-9-16(22)13-18(17)24-4/h5-10,13,22H,11-12H2,1-4H3,(H,21,23). The molecule has 0 saturated carbocycles. The number of carbonyl (C=O) groups excluding carboxylic acids is 1. The van der Waals surface area contributed by atoms with Gasteiger partial charge in [0.15, 0.2) is 0 Å². The molecular weight excluding hydrogens is 302 g/mol. The summed E-state index contributed by atoms with van der Waals surface area (Å²) in [6.45, 7) is 7.10. The summed E-state index contributed by atoms with van der Waals surface area (Å²) in [5.41, 5.74) is 3.03. The second-order valence-electron chi connectivity index (χ2n) is 6.84. The van der Waals surface area contributed by atoms with Crippen molar-refractivity contribution in [2.75, 3.05) is 13.7 Å². The molecule has 0 unspecified atom stereocenters. The Kier molecular flexibility index (Phi) is 5.50. The molecule has 1 amide bonds. The highest BCUT2D eigenvalue weighted by atomic mass is 16.5. The molecule has 0 heterocycles. The number of benzene rings is 2. The number of hydrogen-bond donors (Lipinski definition) is 2. The van der Waals surface area contributed by atoms with E-state index in [9.17, 15) is 9.90 Å². The van der Waals surface area contributed by atoms with E-state index in [1.807, 2.05) is 0 Å². The number of methoxy groups -OCH3 is 1. The summed E-state index contributed by atoms with van der Waals surface area (Å²) in [6, 6.07) is 13.0. The van der Waals surface area contributed by atoms with Crippen molar-refractivity contribution in [1.29, 1.82) is 0 Å². The minimum Gasteiger partial charge on any atom is -0.508 e. The van der Waals surface area contributed by atoms with E-state index in [0.717, 1.165) is 6.42 Å². The first-order chi connectivity index (χ1) is 11.3. The van der Waals surface area contributed by atoms with E-state index in [4.69, 9.17) is 4.74 Å². The van der Waals surface area contributed by atoms with Crippen LogP contribution in [-0.2, 0) is 11.8 Å². The van der Waals surface area contributed by atoms with Crippen LogP contribution in [0.1, 0.15) is 42.3 Å². The number of amides is 1. The van der Waals surface area contributed by atoms with E-state index < -0.39 is 0 Å². The van der Waals surface area contributed by atoms with Gasteiger partial charge in [0.25, 0.3) is 5.91 Å². The molecule has 4 heteroatoms. The topological polar surface area (TPSA) is 58.6 Å². The predicted octanol–water partition coefficient (Wildman–Crippen LogP) is 3.67. The maximum absolute atomic E-state index is 12.2. The van der Waals surface area contributed by atoms with Crippen LogP contribution in [0.4, 0.5) is 0 Å². The van der Waals surface area contributed by atoms with Crippen molar-refractivity contribution in [2.24, 2.45) is 0 Å². The Hall–Kier alpha value is -2.49. The number of phenols is 1. The molecule has 0 saturated heterocycles. The van der Waals surface area contributed by atoms with Crippen LogP contribution < -0.4 is 10.1 Å². The van der Waals surface area contributed by atoms with Gasteiger partial charge in [0.05, 0.1) is 12.7 Å². The van der Waals surface area contributed by atoms with E-state index in [0.29, 0.717) is 17.9 Å². The molecule has 2 aromatic rings. The summed E-state index contributed by atoms with van der Waals surface area (Å²) in [5.74, 6) is 0.225. The Morgan fingerprint density at radius 1 is 1.12 bits per heavy atom. The van der Waals surface area contributed by atoms with Gasteiger partial charge in [-0.15, -0.1) is 0 Å². The molecule has 0 bridgehead atoms. The monoisotopic (exact) mass is 327 g/mol. The van der Waals surface area contributed by atoms with Crippen molar-refractivity contribution < 1.29 is 14.6 Å². The Labute approximate surface area is 143 Å². The Morgan fingerprint density at radius 2 is 1.79 bits per heavy atom. The molecule has 0 fully saturated rings. The number of hydrogen-bond acceptors (Lipinski definition) is 3. The third-order valence-corrected chi connectivity index (χ3v) is 3.95. The molecule has 0 atom stereocenters.